The first-order valence-electron chi connectivity index (χ1n) is 6.30. The van der Waals surface area contributed by atoms with E-state index in [1.54, 1.807) is 18.3 Å². The number of rotatable bonds is 8. The summed E-state index contributed by atoms with van der Waals surface area (Å²) < 4.78 is 27.0. The van der Waals surface area contributed by atoms with Gasteiger partial charge in [0, 0.05) is 25.8 Å². The third kappa shape index (κ3) is 5.14. The quantitative estimate of drug-likeness (QED) is 0.737. The van der Waals surface area contributed by atoms with Gasteiger partial charge in [-0.2, -0.15) is 0 Å². The highest BCUT2D eigenvalue weighted by Crippen LogP contribution is 2.17. The first-order chi connectivity index (χ1) is 8.97. The standard InChI is InChI=1S/C12H22N4O2S/c1-4-7-13-12-11(6-5-8-14-12)19(17,18)15-9-10-16(2)3/h5-6,8,15H,4,7,9-10H2,1-3H3,(H,13,14). The lowest BCUT2D eigenvalue weighted by molar-refractivity contribution is 0.412. The van der Waals surface area contributed by atoms with Gasteiger partial charge in [0.05, 0.1) is 0 Å². The molecule has 0 amide bonds. The molecule has 0 aliphatic carbocycles. The van der Waals surface area contributed by atoms with Crippen molar-refractivity contribution in [3.63, 3.8) is 0 Å². The van der Waals surface area contributed by atoms with Crippen LogP contribution in [0.5, 0.6) is 0 Å². The Hall–Kier alpha value is -1.18. The molecule has 0 radical (unpaired) electrons. The van der Waals surface area contributed by atoms with Crippen LogP contribution in [0, 0.1) is 0 Å². The lowest BCUT2D eigenvalue weighted by Crippen LogP contribution is -2.32. The van der Waals surface area contributed by atoms with Gasteiger partial charge in [0.2, 0.25) is 10.0 Å². The van der Waals surface area contributed by atoms with Crippen LogP contribution in [0.3, 0.4) is 0 Å². The summed E-state index contributed by atoms with van der Waals surface area (Å²) >= 11 is 0. The molecule has 6 nitrogen and oxygen atoms in total. The van der Waals surface area contributed by atoms with Gasteiger partial charge >= 0.3 is 0 Å². The molecule has 2 N–H and O–H groups in total. The van der Waals surface area contributed by atoms with Crippen LogP contribution < -0.4 is 10.0 Å². The zero-order valence-electron chi connectivity index (χ0n) is 11.7. The molecule has 0 unspecified atom stereocenters. The van der Waals surface area contributed by atoms with Gasteiger partial charge in [0.25, 0.3) is 0 Å². The van der Waals surface area contributed by atoms with Crippen molar-refractivity contribution < 1.29 is 8.42 Å². The molecule has 0 spiro atoms. The number of nitrogens with one attached hydrogen (secondary N) is 2. The highest BCUT2D eigenvalue weighted by Gasteiger charge is 2.18. The summed E-state index contributed by atoms with van der Waals surface area (Å²) in [5, 5.41) is 3.03. The van der Waals surface area contributed by atoms with Gasteiger partial charge in [-0.3, -0.25) is 0 Å². The van der Waals surface area contributed by atoms with Gasteiger partial charge < -0.3 is 10.2 Å². The fourth-order valence-corrected chi connectivity index (χ4v) is 2.62. The number of hydrogen-bond donors (Lipinski definition) is 2. The Labute approximate surface area is 115 Å². The number of nitrogens with zero attached hydrogens (tertiary/aromatic N) is 2. The Morgan fingerprint density at radius 1 is 1.32 bits per heavy atom. The molecule has 1 rings (SSSR count). The largest absolute Gasteiger partial charge is 0.369 e. The molecule has 0 aromatic carbocycles. The molecule has 1 aromatic heterocycles. The summed E-state index contributed by atoms with van der Waals surface area (Å²) in [4.78, 5) is 6.20. The van der Waals surface area contributed by atoms with E-state index in [-0.39, 0.29) is 4.90 Å². The van der Waals surface area contributed by atoms with Crippen LogP contribution in [0.1, 0.15) is 13.3 Å². The van der Waals surface area contributed by atoms with E-state index in [1.807, 2.05) is 25.9 Å². The fourth-order valence-electron chi connectivity index (χ4n) is 1.46. The second-order valence-corrected chi connectivity index (χ2v) is 6.21. The Kier molecular flexibility index (Phi) is 6.20. The van der Waals surface area contributed by atoms with Crippen molar-refractivity contribution >= 4 is 15.8 Å². The Morgan fingerprint density at radius 2 is 2.05 bits per heavy atom. The number of pyridine rings is 1. The minimum atomic E-state index is -3.52. The summed E-state index contributed by atoms with van der Waals surface area (Å²) in [5.41, 5.74) is 0. The van der Waals surface area contributed by atoms with Crippen molar-refractivity contribution in [2.24, 2.45) is 0 Å². The number of sulfonamides is 1. The predicted octanol–water partition coefficient (Wildman–Crippen LogP) is 0.743. The van der Waals surface area contributed by atoms with Crippen LogP contribution >= 0.6 is 0 Å². The summed E-state index contributed by atoms with van der Waals surface area (Å²) in [6, 6.07) is 3.18. The third-order valence-corrected chi connectivity index (χ3v) is 3.95. The highest BCUT2D eigenvalue weighted by molar-refractivity contribution is 7.89. The molecule has 0 atom stereocenters. The fraction of sp³-hybridized carbons (Fsp3) is 0.583. The van der Waals surface area contributed by atoms with Crippen molar-refractivity contribution in [1.29, 1.82) is 0 Å². The zero-order valence-corrected chi connectivity index (χ0v) is 12.5. The van der Waals surface area contributed by atoms with Crippen molar-refractivity contribution in [2.45, 2.75) is 18.2 Å². The molecule has 0 fully saturated rings. The first-order valence-corrected chi connectivity index (χ1v) is 7.79. The van der Waals surface area contributed by atoms with Gasteiger partial charge in [-0.15, -0.1) is 0 Å². The maximum absolute atomic E-state index is 12.2. The van der Waals surface area contributed by atoms with Crippen LogP contribution in [0.2, 0.25) is 0 Å². The summed E-state index contributed by atoms with van der Waals surface area (Å²) in [6.45, 7) is 3.73. The Balaban J connectivity index is 2.82. The van der Waals surface area contributed by atoms with Crippen LogP contribution in [-0.4, -0.2) is 52.0 Å². The van der Waals surface area contributed by atoms with Crippen LogP contribution in [0.15, 0.2) is 23.2 Å². The molecule has 0 bridgehead atoms. The minimum Gasteiger partial charge on any atom is -0.369 e. The van der Waals surface area contributed by atoms with Gasteiger partial charge in [0.15, 0.2) is 0 Å². The van der Waals surface area contributed by atoms with E-state index in [9.17, 15) is 8.42 Å². The van der Waals surface area contributed by atoms with Gasteiger partial charge in [-0.05, 0) is 32.6 Å². The number of aromatic nitrogens is 1. The van der Waals surface area contributed by atoms with Gasteiger partial charge in [-0.25, -0.2) is 18.1 Å². The van der Waals surface area contributed by atoms with Gasteiger partial charge in [-0.1, -0.05) is 6.92 Å². The second kappa shape index (κ2) is 7.42. The maximum Gasteiger partial charge on any atom is 0.244 e. The lowest BCUT2D eigenvalue weighted by atomic mass is 10.4. The number of likely N-dealkylation sites (N-methyl/N-ethyl adjacent to an activating group) is 1. The van der Waals surface area contributed by atoms with Crippen molar-refractivity contribution in [2.75, 3.05) is 39.0 Å². The molecule has 0 aliphatic rings. The van der Waals surface area contributed by atoms with E-state index >= 15 is 0 Å². The van der Waals surface area contributed by atoms with Crippen LogP contribution in [0.25, 0.3) is 0 Å². The number of anilines is 1. The first kappa shape index (κ1) is 15.9. The average Bonchev–Trinajstić information content (AvgIpc) is 2.36. The molecule has 0 saturated heterocycles. The molecular formula is C12H22N4O2S. The molecule has 108 valence electrons. The Morgan fingerprint density at radius 3 is 2.68 bits per heavy atom. The molecule has 19 heavy (non-hydrogen) atoms. The average molecular weight is 286 g/mol. The Bertz CT molecular complexity index is 488. The molecule has 1 heterocycles. The second-order valence-electron chi connectivity index (χ2n) is 4.48. The van der Waals surface area contributed by atoms with E-state index in [0.29, 0.717) is 25.5 Å². The van der Waals surface area contributed by atoms with Crippen molar-refractivity contribution in [3.8, 4) is 0 Å². The van der Waals surface area contributed by atoms with E-state index in [1.165, 1.54) is 0 Å². The smallest absolute Gasteiger partial charge is 0.244 e. The third-order valence-electron chi connectivity index (χ3n) is 2.45. The molecule has 0 aliphatic heterocycles. The van der Waals surface area contributed by atoms with Crippen LogP contribution in [-0.2, 0) is 10.0 Å². The summed E-state index contributed by atoms with van der Waals surface area (Å²) in [5.74, 6) is 0.404. The minimum absolute atomic E-state index is 0.196. The van der Waals surface area contributed by atoms with Crippen molar-refractivity contribution in [3.05, 3.63) is 18.3 Å². The predicted molar refractivity (Wildman–Crippen MR) is 76.8 cm³/mol. The van der Waals surface area contributed by atoms with Crippen molar-refractivity contribution in [1.82, 2.24) is 14.6 Å². The monoisotopic (exact) mass is 286 g/mol. The van der Waals surface area contributed by atoms with E-state index < -0.39 is 10.0 Å². The van der Waals surface area contributed by atoms with Gasteiger partial charge in [0.1, 0.15) is 10.7 Å². The van der Waals surface area contributed by atoms with E-state index in [4.69, 9.17) is 0 Å². The topological polar surface area (TPSA) is 74.3 Å². The van der Waals surface area contributed by atoms with E-state index in [0.717, 1.165) is 6.42 Å². The van der Waals surface area contributed by atoms with Crippen LogP contribution in [0.4, 0.5) is 5.82 Å². The summed E-state index contributed by atoms with van der Waals surface area (Å²) in [6.07, 6.45) is 2.49. The number of hydrogen-bond acceptors (Lipinski definition) is 5. The molecular weight excluding hydrogens is 264 g/mol. The molecule has 1 aromatic rings. The molecule has 7 heteroatoms. The summed E-state index contributed by atoms with van der Waals surface area (Å²) in [7, 11) is 0.272. The highest BCUT2D eigenvalue weighted by atomic mass is 32.2. The zero-order chi connectivity index (χ0) is 14.3. The SMILES string of the molecule is CCCNc1ncccc1S(=O)(=O)NCCN(C)C. The normalized spacial score (nSPS) is 11.8. The maximum atomic E-state index is 12.2. The molecule has 0 saturated carbocycles. The lowest BCUT2D eigenvalue weighted by Gasteiger charge is -2.13. The van der Waals surface area contributed by atoms with E-state index in [2.05, 4.69) is 15.0 Å².